The largest absolute Gasteiger partial charge is 0.460 e. The highest BCUT2D eigenvalue weighted by molar-refractivity contribution is 5.66. The molecule has 3 aliphatic carbocycles. The van der Waals surface area contributed by atoms with Crippen LogP contribution in [0.15, 0.2) is 0 Å². The number of rotatable bonds is 2. The molecule has 0 radical (unpaired) electrons. The molecule has 5 unspecified atom stereocenters. The molecule has 0 aromatic heterocycles. The number of ether oxygens (including phenoxy) is 1. The van der Waals surface area contributed by atoms with E-state index in [9.17, 15) is 10.1 Å². The quantitative estimate of drug-likeness (QED) is 0.722. The summed E-state index contributed by atoms with van der Waals surface area (Å²) >= 11 is 0. The molecule has 20 heavy (non-hydrogen) atoms. The van der Waals surface area contributed by atoms with E-state index in [4.69, 9.17) is 4.74 Å². The molecule has 3 fully saturated rings. The first-order valence-corrected chi connectivity index (χ1v) is 7.95. The van der Waals surface area contributed by atoms with Crippen LogP contribution in [0.4, 0.5) is 0 Å². The van der Waals surface area contributed by atoms with Gasteiger partial charge in [0.25, 0.3) is 0 Å². The van der Waals surface area contributed by atoms with Crippen molar-refractivity contribution in [2.75, 3.05) is 0 Å². The van der Waals surface area contributed by atoms with Gasteiger partial charge in [-0.05, 0) is 75.5 Å². The standard InChI is InChI=1S/C17H25NO2/c1-11(19)20-16(2,3)14-7-15-13-4-5-17(15,9-14)8-12(6-13)10-18/h12-15H,4-9H2,1-3H3. The average Bonchev–Trinajstić information content (AvgIpc) is 2.80. The third-order valence-electron chi connectivity index (χ3n) is 6.37. The van der Waals surface area contributed by atoms with Crippen LogP contribution in [0.5, 0.6) is 0 Å². The number of esters is 1. The van der Waals surface area contributed by atoms with Crippen molar-refractivity contribution in [3.05, 3.63) is 0 Å². The molecule has 3 rings (SSSR count). The molecule has 3 saturated carbocycles. The van der Waals surface area contributed by atoms with Gasteiger partial charge >= 0.3 is 5.97 Å². The van der Waals surface area contributed by atoms with Crippen molar-refractivity contribution in [1.82, 2.24) is 0 Å². The summed E-state index contributed by atoms with van der Waals surface area (Å²) in [6.07, 6.45) is 7.10. The monoisotopic (exact) mass is 275 g/mol. The third-order valence-corrected chi connectivity index (χ3v) is 6.37. The SMILES string of the molecule is CC(=O)OC(C)(C)C1CC2C3CCC2(CC(C#N)C3)C1. The Hall–Kier alpha value is -1.04. The molecular weight excluding hydrogens is 250 g/mol. The minimum Gasteiger partial charge on any atom is -0.460 e. The van der Waals surface area contributed by atoms with Gasteiger partial charge in [0, 0.05) is 12.8 Å². The second-order valence-electron chi connectivity index (χ2n) is 7.87. The number of carbonyl (C=O) groups is 1. The highest BCUT2D eigenvalue weighted by atomic mass is 16.6. The first-order valence-electron chi connectivity index (χ1n) is 7.95. The van der Waals surface area contributed by atoms with Crippen molar-refractivity contribution in [2.45, 2.75) is 64.9 Å². The summed E-state index contributed by atoms with van der Waals surface area (Å²) in [7, 11) is 0. The van der Waals surface area contributed by atoms with Gasteiger partial charge in [-0.25, -0.2) is 0 Å². The number of carbonyl (C=O) groups excluding carboxylic acids is 1. The van der Waals surface area contributed by atoms with E-state index >= 15 is 0 Å². The summed E-state index contributed by atoms with van der Waals surface area (Å²) in [5.74, 6) is 2.05. The molecule has 5 atom stereocenters. The number of nitrogens with zero attached hydrogens (tertiary/aromatic N) is 1. The maximum absolute atomic E-state index is 11.3. The van der Waals surface area contributed by atoms with Crippen molar-refractivity contribution in [3.8, 4) is 6.07 Å². The van der Waals surface area contributed by atoms with E-state index < -0.39 is 0 Å². The lowest BCUT2D eigenvalue weighted by Crippen LogP contribution is -2.35. The molecule has 0 heterocycles. The Morgan fingerprint density at radius 1 is 1.35 bits per heavy atom. The van der Waals surface area contributed by atoms with Gasteiger partial charge < -0.3 is 4.74 Å². The molecule has 0 aliphatic heterocycles. The van der Waals surface area contributed by atoms with Gasteiger partial charge in [-0.1, -0.05) is 0 Å². The van der Waals surface area contributed by atoms with E-state index in [0.717, 1.165) is 31.1 Å². The molecule has 110 valence electrons. The van der Waals surface area contributed by atoms with Crippen LogP contribution in [0.1, 0.15) is 59.3 Å². The summed E-state index contributed by atoms with van der Waals surface area (Å²) < 4.78 is 5.58. The van der Waals surface area contributed by atoms with Crippen LogP contribution in [-0.4, -0.2) is 11.6 Å². The van der Waals surface area contributed by atoms with Gasteiger partial charge in [0.05, 0.1) is 6.07 Å². The lowest BCUT2D eigenvalue weighted by atomic mass is 9.66. The summed E-state index contributed by atoms with van der Waals surface area (Å²) in [5.41, 5.74) is 0.0194. The van der Waals surface area contributed by atoms with Gasteiger partial charge in [0.2, 0.25) is 0 Å². The highest BCUT2D eigenvalue weighted by Gasteiger charge is 2.60. The zero-order valence-corrected chi connectivity index (χ0v) is 12.8. The predicted octanol–water partition coefficient (Wildman–Crippen LogP) is 3.68. The Morgan fingerprint density at radius 3 is 2.75 bits per heavy atom. The fourth-order valence-corrected chi connectivity index (χ4v) is 5.58. The Kier molecular flexibility index (Phi) is 3.12. The molecule has 2 bridgehead atoms. The van der Waals surface area contributed by atoms with Crippen molar-refractivity contribution >= 4 is 5.97 Å². The maximum atomic E-state index is 11.3. The normalized spacial score (nSPS) is 42.9. The molecule has 3 nitrogen and oxygen atoms in total. The van der Waals surface area contributed by atoms with E-state index in [1.54, 1.807) is 0 Å². The van der Waals surface area contributed by atoms with Gasteiger partial charge in [-0.3, -0.25) is 4.79 Å². The van der Waals surface area contributed by atoms with Gasteiger partial charge in [-0.2, -0.15) is 5.26 Å². The smallest absolute Gasteiger partial charge is 0.303 e. The second-order valence-corrected chi connectivity index (χ2v) is 7.87. The van der Waals surface area contributed by atoms with Crippen LogP contribution in [0.2, 0.25) is 0 Å². The lowest BCUT2D eigenvalue weighted by Gasteiger charge is -2.38. The van der Waals surface area contributed by atoms with Crippen molar-refractivity contribution in [3.63, 3.8) is 0 Å². The van der Waals surface area contributed by atoms with Gasteiger partial charge in [-0.15, -0.1) is 0 Å². The first kappa shape index (κ1) is 13.9. The van der Waals surface area contributed by atoms with Crippen LogP contribution in [-0.2, 0) is 9.53 Å². The average molecular weight is 275 g/mol. The summed E-state index contributed by atoms with van der Waals surface area (Å²) in [4.78, 5) is 11.3. The van der Waals surface area contributed by atoms with E-state index in [-0.39, 0.29) is 17.5 Å². The Balaban J connectivity index is 1.79. The zero-order valence-electron chi connectivity index (χ0n) is 12.8. The number of hydrogen-bond donors (Lipinski definition) is 0. The van der Waals surface area contributed by atoms with Crippen LogP contribution in [0, 0.1) is 40.4 Å². The Morgan fingerprint density at radius 2 is 2.10 bits per heavy atom. The van der Waals surface area contributed by atoms with Crippen LogP contribution in [0.3, 0.4) is 0 Å². The van der Waals surface area contributed by atoms with E-state index in [2.05, 4.69) is 19.9 Å². The first-order chi connectivity index (χ1) is 9.36. The molecule has 0 aromatic carbocycles. The summed E-state index contributed by atoms with van der Waals surface area (Å²) in [6, 6.07) is 2.51. The minimum atomic E-state index is -0.361. The third kappa shape index (κ3) is 2.05. The molecule has 0 amide bonds. The van der Waals surface area contributed by atoms with E-state index in [0.29, 0.717) is 11.3 Å². The van der Waals surface area contributed by atoms with Crippen molar-refractivity contribution < 1.29 is 9.53 Å². The fourth-order valence-electron chi connectivity index (χ4n) is 5.58. The molecule has 0 saturated heterocycles. The zero-order chi connectivity index (χ0) is 14.5. The summed E-state index contributed by atoms with van der Waals surface area (Å²) in [5, 5.41) is 9.30. The number of nitriles is 1. The highest BCUT2D eigenvalue weighted by Crippen LogP contribution is 2.67. The Labute approximate surface area is 121 Å². The van der Waals surface area contributed by atoms with Crippen molar-refractivity contribution in [1.29, 1.82) is 5.26 Å². The topological polar surface area (TPSA) is 50.1 Å². The molecular formula is C17H25NO2. The van der Waals surface area contributed by atoms with Crippen LogP contribution >= 0.6 is 0 Å². The van der Waals surface area contributed by atoms with Crippen molar-refractivity contribution in [2.24, 2.45) is 29.1 Å². The fraction of sp³-hybridized carbons (Fsp3) is 0.882. The minimum absolute atomic E-state index is 0.178. The van der Waals surface area contributed by atoms with Gasteiger partial charge in [0.15, 0.2) is 0 Å². The van der Waals surface area contributed by atoms with Crippen LogP contribution < -0.4 is 0 Å². The molecule has 3 aliphatic rings. The molecule has 3 heteroatoms. The molecule has 0 aromatic rings. The predicted molar refractivity (Wildman–Crippen MR) is 75.6 cm³/mol. The molecule has 0 N–H and O–H groups in total. The number of hydrogen-bond acceptors (Lipinski definition) is 3. The van der Waals surface area contributed by atoms with E-state index in [1.807, 2.05) is 0 Å². The second kappa shape index (κ2) is 4.48. The summed E-state index contributed by atoms with van der Waals surface area (Å²) in [6.45, 7) is 5.62. The van der Waals surface area contributed by atoms with Crippen LogP contribution in [0.25, 0.3) is 0 Å². The maximum Gasteiger partial charge on any atom is 0.303 e. The lowest BCUT2D eigenvalue weighted by molar-refractivity contribution is -0.159. The van der Waals surface area contributed by atoms with E-state index in [1.165, 1.54) is 26.2 Å². The van der Waals surface area contributed by atoms with Gasteiger partial charge in [0.1, 0.15) is 5.60 Å². The molecule has 0 spiro atoms. The Bertz CT molecular complexity index is 464.